The van der Waals surface area contributed by atoms with Gasteiger partial charge in [0.15, 0.2) is 8.32 Å². The molecule has 3 nitrogen and oxygen atoms in total. The second-order valence-corrected chi connectivity index (χ2v) is 12.2. The van der Waals surface area contributed by atoms with E-state index in [4.69, 9.17) is 9.16 Å². The van der Waals surface area contributed by atoms with Crippen LogP contribution in [0.1, 0.15) is 47.5 Å². The van der Waals surface area contributed by atoms with E-state index in [1.165, 1.54) is 0 Å². The number of hydrogen-bond acceptors (Lipinski definition) is 3. The summed E-state index contributed by atoms with van der Waals surface area (Å²) in [6.45, 7) is 16.5. The molecule has 4 heteroatoms. The summed E-state index contributed by atoms with van der Waals surface area (Å²) in [4.78, 5) is 10.8. The normalized spacial score (nSPS) is 28.1. The highest BCUT2D eigenvalue weighted by molar-refractivity contribution is 6.74. The Labute approximate surface area is 125 Å². The van der Waals surface area contributed by atoms with Gasteiger partial charge >= 0.3 is 0 Å². The van der Waals surface area contributed by atoms with E-state index < -0.39 is 8.32 Å². The van der Waals surface area contributed by atoms with E-state index in [0.29, 0.717) is 24.9 Å². The van der Waals surface area contributed by atoms with E-state index in [0.717, 1.165) is 12.7 Å². The predicted octanol–water partition coefficient (Wildman–Crippen LogP) is 4.03. The molecule has 1 rings (SSSR count). The summed E-state index contributed by atoms with van der Waals surface area (Å²) < 4.78 is 12.3. The van der Waals surface area contributed by atoms with Crippen LogP contribution < -0.4 is 0 Å². The maximum atomic E-state index is 10.8. The SMILES string of the molecule is CC(C)C(C)(C)[Si](C)(C)OC[C@H]1O[C@@H](C)CC1CC=O. The fraction of sp³-hybridized carbons (Fsp3) is 0.938. The highest BCUT2D eigenvalue weighted by Gasteiger charge is 2.44. The molecule has 0 amide bonds. The fourth-order valence-electron chi connectivity index (χ4n) is 2.76. The maximum Gasteiger partial charge on any atom is 0.192 e. The lowest BCUT2D eigenvalue weighted by Crippen LogP contribution is -2.47. The third-order valence-electron chi connectivity index (χ3n) is 5.57. The summed E-state index contributed by atoms with van der Waals surface area (Å²) in [5.74, 6) is 0.924. The molecule has 0 aromatic rings. The van der Waals surface area contributed by atoms with Crippen molar-refractivity contribution in [3.63, 3.8) is 0 Å². The molecule has 20 heavy (non-hydrogen) atoms. The molecule has 1 saturated heterocycles. The number of hydrogen-bond donors (Lipinski definition) is 0. The molecule has 0 aromatic heterocycles. The summed E-state index contributed by atoms with van der Waals surface area (Å²) in [5.41, 5.74) is 0. The standard InChI is InChI=1S/C16H32O3Si/c1-12(2)16(4,5)20(6,7)18-11-15-14(8-9-17)10-13(3)19-15/h9,12-15H,8,10-11H2,1-7H3/t13-,14?,15+/m0/s1. The van der Waals surface area contributed by atoms with E-state index >= 15 is 0 Å². The Hall–Kier alpha value is -0.193. The highest BCUT2D eigenvalue weighted by Crippen LogP contribution is 2.45. The van der Waals surface area contributed by atoms with Crippen LogP contribution in [0.4, 0.5) is 0 Å². The average Bonchev–Trinajstić information content (AvgIpc) is 2.67. The molecule has 0 bridgehead atoms. The van der Waals surface area contributed by atoms with Gasteiger partial charge in [0.05, 0.1) is 18.8 Å². The first-order chi connectivity index (χ1) is 9.11. The molecule has 0 saturated carbocycles. The van der Waals surface area contributed by atoms with Crippen molar-refractivity contribution in [3.8, 4) is 0 Å². The Morgan fingerprint density at radius 3 is 2.50 bits per heavy atom. The zero-order valence-corrected chi connectivity index (χ0v) is 15.2. The van der Waals surface area contributed by atoms with Crippen molar-refractivity contribution in [2.45, 2.75) is 77.8 Å². The third kappa shape index (κ3) is 3.92. The van der Waals surface area contributed by atoms with Crippen molar-refractivity contribution in [1.29, 1.82) is 0 Å². The van der Waals surface area contributed by atoms with Gasteiger partial charge in [0.25, 0.3) is 0 Å². The Bertz CT molecular complexity index is 326. The molecule has 1 fully saturated rings. The van der Waals surface area contributed by atoms with Gasteiger partial charge in [-0.1, -0.05) is 27.7 Å². The fourth-order valence-corrected chi connectivity index (χ4v) is 5.11. The topological polar surface area (TPSA) is 35.5 Å². The number of ether oxygens (including phenoxy) is 1. The van der Waals surface area contributed by atoms with Gasteiger partial charge in [-0.25, -0.2) is 0 Å². The summed E-state index contributed by atoms with van der Waals surface area (Å²) in [6, 6.07) is 0. The Kier molecular flexibility index (Phi) is 5.99. The molecule has 0 radical (unpaired) electrons. The molecule has 3 atom stereocenters. The van der Waals surface area contributed by atoms with Crippen LogP contribution in [0, 0.1) is 11.8 Å². The zero-order valence-electron chi connectivity index (χ0n) is 14.2. The Morgan fingerprint density at radius 2 is 2.00 bits per heavy atom. The molecule has 1 unspecified atom stereocenters. The van der Waals surface area contributed by atoms with Crippen molar-refractivity contribution in [1.82, 2.24) is 0 Å². The molecule has 0 spiro atoms. The summed E-state index contributed by atoms with van der Waals surface area (Å²) in [6.07, 6.45) is 2.91. The largest absolute Gasteiger partial charge is 0.414 e. The predicted molar refractivity (Wildman–Crippen MR) is 85.4 cm³/mol. The van der Waals surface area contributed by atoms with Gasteiger partial charge in [-0.3, -0.25) is 0 Å². The van der Waals surface area contributed by atoms with Crippen LogP contribution in [0.3, 0.4) is 0 Å². The molecule has 118 valence electrons. The third-order valence-corrected chi connectivity index (χ3v) is 10.1. The first-order valence-electron chi connectivity index (χ1n) is 7.85. The van der Waals surface area contributed by atoms with Crippen LogP contribution in [0.2, 0.25) is 18.1 Å². The van der Waals surface area contributed by atoms with Gasteiger partial charge in [-0.2, -0.15) is 0 Å². The van der Waals surface area contributed by atoms with Crippen LogP contribution in [-0.4, -0.2) is 33.4 Å². The first kappa shape index (κ1) is 17.9. The molecule has 0 aliphatic carbocycles. The van der Waals surface area contributed by atoms with Crippen LogP contribution in [-0.2, 0) is 14.0 Å². The van der Waals surface area contributed by atoms with Crippen LogP contribution >= 0.6 is 0 Å². The second-order valence-electron chi connectivity index (χ2n) is 7.58. The smallest absolute Gasteiger partial charge is 0.192 e. The van der Waals surface area contributed by atoms with E-state index in [2.05, 4.69) is 47.7 Å². The molecule has 0 N–H and O–H groups in total. The molecular weight excluding hydrogens is 268 g/mol. The van der Waals surface area contributed by atoms with Gasteiger partial charge < -0.3 is 14.0 Å². The van der Waals surface area contributed by atoms with E-state index in [1.54, 1.807) is 0 Å². The van der Waals surface area contributed by atoms with E-state index in [9.17, 15) is 4.79 Å². The van der Waals surface area contributed by atoms with E-state index in [1.807, 2.05) is 0 Å². The maximum absolute atomic E-state index is 10.8. The minimum Gasteiger partial charge on any atom is -0.414 e. The lowest BCUT2D eigenvalue weighted by Gasteiger charge is -2.43. The van der Waals surface area contributed by atoms with Gasteiger partial charge in [-0.15, -0.1) is 0 Å². The van der Waals surface area contributed by atoms with Gasteiger partial charge in [0, 0.05) is 6.42 Å². The molecule has 0 aromatic carbocycles. The minimum atomic E-state index is -1.80. The monoisotopic (exact) mass is 300 g/mol. The first-order valence-corrected chi connectivity index (χ1v) is 10.8. The quantitative estimate of drug-likeness (QED) is 0.526. The molecule has 1 aliphatic heterocycles. The van der Waals surface area contributed by atoms with Crippen molar-refractivity contribution in [2.24, 2.45) is 11.8 Å². The van der Waals surface area contributed by atoms with Crippen LogP contribution in [0.25, 0.3) is 0 Å². The molecular formula is C16H32O3Si. The highest BCUT2D eigenvalue weighted by atomic mass is 28.4. The zero-order chi connectivity index (χ0) is 15.6. The van der Waals surface area contributed by atoms with Gasteiger partial charge in [0.2, 0.25) is 0 Å². The Balaban J connectivity index is 2.63. The van der Waals surface area contributed by atoms with Gasteiger partial charge in [0.1, 0.15) is 6.29 Å². The molecule has 1 heterocycles. The number of aldehydes is 1. The summed E-state index contributed by atoms with van der Waals surface area (Å²) in [5, 5.41) is 0.220. The summed E-state index contributed by atoms with van der Waals surface area (Å²) >= 11 is 0. The van der Waals surface area contributed by atoms with Crippen molar-refractivity contribution < 1.29 is 14.0 Å². The number of carbonyl (C=O) groups is 1. The van der Waals surface area contributed by atoms with Gasteiger partial charge in [-0.05, 0) is 43.3 Å². The number of rotatable bonds is 7. The lowest BCUT2D eigenvalue weighted by atomic mass is 9.97. The van der Waals surface area contributed by atoms with Crippen molar-refractivity contribution in [2.75, 3.05) is 6.61 Å². The average molecular weight is 301 g/mol. The van der Waals surface area contributed by atoms with Crippen molar-refractivity contribution in [3.05, 3.63) is 0 Å². The van der Waals surface area contributed by atoms with Crippen molar-refractivity contribution >= 4 is 14.6 Å². The minimum absolute atomic E-state index is 0.0879. The van der Waals surface area contributed by atoms with Crippen LogP contribution in [0.15, 0.2) is 0 Å². The number of carbonyl (C=O) groups excluding carboxylic acids is 1. The second kappa shape index (κ2) is 6.71. The Morgan fingerprint density at radius 1 is 1.40 bits per heavy atom. The summed E-state index contributed by atoms with van der Waals surface area (Å²) in [7, 11) is -1.80. The lowest BCUT2D eigenvalue weighted by molar-refractivity contribution is -0.109. The van der Waals surface area contributed by atoms with E-state index in [-0.39, 0.29) is 17.2 Å². The van der Waals surface area contributed by atoms with Crippen LogP contribution in [0.5, 0.6) is 0 Å². The molecule has 1 aliphatic rings.